The van der Waals surface area contributed by atoms with Crippen LogP contribution in [-0.4, -0.2) is 24.1 Å². The lowest BCUT2D eigenvalue weighted by Crippen LogP contribution is -2.17. The molecule has 15 aromatic rings. The zero-order valence-electron chi connectivity index (χ0n) is 57.2. The molecule has 0 saturated heterocycles. The standard InChI is InChI=1S/C91H81N5/c1-88(2,3)69-47-67(48-70(56-69)89(4,5)6)86-92-85(93-87(94-86)68-49-71(90(7,8)9)57-72(50-68)91(10,11)12)66-41-46-80(96-83-44-39-64(60-31-21-15-22-32-60)53-77(83)78-54-65(40-45-84(78)96)61-33-23-16-24-34-61)74(55-66)73-35-25-26-36-79(73)95-81-42-37-62(58-27-17-13-18-28-58)51-75(81)76-52-63(38-43-82(76)95)59-29-19-14-20-30-59/h13-57H,1-12H3. The van der Waals surface area contributed by atoms with Crippen molar-refractivity contribution in [1.29, 1.82) is 0 Å². The molecule has 5 nitrogen and oxygen atoms in total. The Morgan fingerprint density at radius 1 is 0.208 bits per heavy atom. The minimum absolute atomic E-state index is 0.140. The van der Waals surface area contributed by atoms with Crippen LogP contribution in [0.5, 0.6) is 0 Å². The molecule has 3 aromatic heterocycles. The molecule has 0 N–H and O–H groups in total. The van der Waals surface area contributed by atoms with Crippen molar-refractivity contribution < 1.29 is 0 Å². The Morgan fingerprint density at radius 2 is 0.479 bits per heavy atom. The molecule has 0 atom stereocenters. The maximum absolute atomic E-state index is 5.68. The van der Waals surface area contributed by atoms with Gasteiger partial charge in [-0.25, -0.2) is 15.0 Å². The second-order valence-electron chi connectivity index (χ2n) is 30.2. The quantitative estimate of drug-likeness (QED) is 0.137. The van der Waals surface area contributed by atoms with E-state index in [1.165, 1.54) is 77.2 Å². The SMILES string of the molecule is CC(C)(C)c1cc(-c2nc(-c3cc(C(C)(C)C)cc(C(C)(C)C)c3)nc(-c3ccc(-n4c5ccc(-c6ccccc6)cc5c5cc(-c6ccccc6)ccc54)c(-c4ccccc4-n4c5ccc(-c6ccccc6)cc5c5cc(-c6ccccc6)ccc54)c3)n2)cc(C(C)(C)C)c1. The van der Waals surface area contributed by atoms with Crippen molar-refractivity contribution in [2.75, 3.05) is 0 Å². The summed E-state index contributed by atoms with van der Waals surface area (Å²) in [6.45, 7) is 27.5. The predicted molar refractivity (Wildman–Crippen MR) is 407 cm³/mol. The van der Waals surface area contributed by atoms with Gasteiger partial charge in [0.15, 0.2) is 17.5 Å². The van der Waals surface area contributed by atoms with E-state index in [0.717, 1.165) is 72.4 Å². The highest BCUT2D eigenvalue weighted by Gasteiger charge is 2.28. The average Bonchev–Trinajstić information content (AvgIpc) is 1.35. The summed E-state index contributed by atoms with van der Waals surface area (Å²) < 4.78 is 4.99. The Morgan fingerprint density at radius 3 is 0.792 bits per heavy atom. The largest absolute Gasteiger partial charge is 0.309 e. The van der Waals surface area contributed by atoms with Gasteiger partial charge in [0.1, 0.15) is 0 Å². The Hall–Kier alpha value is -10.8. The summed E-state index contributed by atoms with van der Waals surface area (Å²) >= 11 is 0. The average molecular weight is 1240 g/mol. The van der Waals surface area contributed by atoms with Gasteiger partial charge in [0, 0.05) is 49.4 Å². The fraction of sp³-hybridized carbons (Fsp3) is 0.176. The lowest BCUT2D eigenvalue weighted by atomic mass is 9.79. The summed E-state index contributed by atoms with van der Waals surface area (Å²) in [4.78, 5) is 16.9. The van der Waals surface area contributed by atoms with Crippen LogP contribution >= 0.6 is 0 Å². The van der Waals surface area contributed by atoms with E-state index < -0.39 is 0 Å². The molecule has 15 rings (SSSR count). The molecule has 0 fully saturated rings. The Bertz CT molecular complexity index is 5120. The van der Waals surface area contributed by atoms with Crippen LogP contribution < -0.4 is 0 Å². The van der Waals surface area contributed by atoms with Crippen LogP contribution in [0.1, 0.15) is 105 Å². The number of fused-ring (bicyclic) bond motifs is 6. The Balaban J connectivity index is 1.04. The summed E-state index contributed by atoms with van der Waals surface area (Å²) in [5.74, 6) is 1.87. The van der Waals surface area contributed by atoms with E-state index >= 15 is 0 Å². The normalized spacial score (nSPS) is 12.4. The molecule has 96 heavy (non-hydrogen) atoms. The van der Waals surface area contributed by atoms with Crippen LogP contribution in [0.3, 0.4) is 0 Å². The molecule has 0 saturated carbocycles. The first-order valence-corrected chi connectivity index (χ1v) is 33.8. The number of rotatable bonds is 10. The van der Waals surface area contributed by atoms with Crippen LogP contribution in [0, 0.1) is 0 Å². The lowest BCUT2D eigenvalue weighted by Gasteiger charge is -2.26. The van der Waals surface area contributed by atoms with E-state index in [2.05, 4.69) is 365 Å². The van der Waals surface area contributed by atoms with E-state index in [4.69, 9.17) is 15.0 Å². The molecule has 3 heterocycles. The van der Waals surface area contributed by atoms with E-state index in [0.29, 0.717) is 17.5 Å². The summed E-state index contributed by atoms with van der Waals surface area (Å²) in [7, 11) is 0. The number of aromatic nitrogens is 5. The highest BCUT2D eigenvalue weighted by Crippen LogP contribution is 2.46. The van der Waals surface area contributed by atoms with Gasteiger partial charge < -0.3 is 9.13 Å². The van der Waals surface area contributed by atoms with Gasteiger partial charge in [0.25, 0.3) is 0 Å². The number of para-hydroxylation sites is 1. The minimum atomic E-state index is -0.140. The lowest BCUT2D eigenvalue weighted by molar-refractivity contribution is 0.568. The second-order valence-corrected chi connectivity index (χ2v) is 30.2. The van der Waals surface area contributed by atoms with Gasteiger partial charge in [0.05, 0.1) is 33.4 Å². The van der Waals surface area contributed by atoms with Crippen LogP contribution in [0.25, 0.3) is 145 Å². The molecule has 0 amide bonds. The van der Waals surface area contributed by atoms with Crippen molar-refractivity contribution in [1.82, 2.24) is 24.1 Å². The van der Waals surface area contributed by atoms with Crippen molar-refractivity contribution in [3.63, 3.8) is 0 Å². The summed E-state index contributed by atoms with van der Waals surface area (Å²) in [5, 5.41) is 4.70. The first kappa shape index (κ1) is 61.4. The molecule has 12 aromatic carbocycles. The van der Waals surface area contributed by atoms with E-state index in [9.17, 15) is 0 Å². The van der Waals surface area contributed by atoms with Gasteiger partial charge >= 0.3 is 0 Å². The number of benzene rings is 12. The van der Waals surface area contributed by atoms with Gasteiger partial charge in [-0.3, -0.25) is 0 Å². The first-order chi connectivity index (χ1) is 46.1. The molecule has 0 unspecified atom stereocenters. The van der Waals surface area contributed by atoms with E-state index in [1.54, 1.807) is 0 Å². The molecule has 0 aliphatic rings. The van der Waals surface area contributed by atoms with E-state index in [-0.39, 0.29) is 21.7 Å². The Labute approximate surface area is 565 Å². The van der Waals surface area contributed by atoms with Crippen molar-refractivity contribution in [2.24, 2.45) is 0 Å². The third-order valence-corrected chi connectivity index (χ3v) is 19.4. The van der Waals surface area contributed by atoms with Gasteiger partial charge in [-0.1, -0.05) is 259 Å². The molecule has 5 heteroatoms. The maximum atomic E-state index is 5.68. The molecule has 0 radical (unpaired) electrons. The van der Waals surface area contributed by atoms with Crippen LogP contribution in [-0.2, 0) is 21.7 Å². The summed E-state index contributed by atoms with van der Waals surface area (Å²) in [6.07, 6.45) is 0. The zero-order chi connectivity index (χ0) is 66.4. The van der Waals surface area contributed by atoms with Crippen molar-refractivity contribution in [3.8, 4) is 101 Å². The van der Waals surface area contributed by atoms with Crippen LogP contribution in [0.15, 0.2) is 273 Å². The van der Waals surface area contributed by atoms with Crippen LogP contribution in [0.2, 0.25) is 0 Å². The molecule has 0 aliphatic carbocycles. The van der Waals surface area contributed by atoms with Gasteiger partial charge in [-0.2, -0.15) is 0 Å². The van der Waals surface area contributed by atoms with Crippen LogP contribution in [0.4, 0.5) is 0 Å². The molecular formula is C91H81N5. The summed E-state index contributed by atoms with van der Waals surface area (Å²) in [6, 6.07) is 101. The van der Waals surface area contributed by atoms with Gasteiger partial charge in [-0.05, 0) is 185 Å². The summed E-state index contributed by atoms with van der Waals surface area (Å²) in [5.41, 5.74) is 25.1. The third-order valence-electron chi connectivity index (χ3n) is 19.4. The van der Waals surface area contributed by atoms with Crippen molar-refractivity contribution in [3.05, 3.63) is 295 Å². The van der Waals surface area contributed by atoms with Gasteiger partial charge in [0.2, 0.25) is 0 Å². The molecule has 470 valence electrons. The number of hydrogen-bond donors (Lipinski definition) is 0. The smallest absolute Gasteiger partial charge is 0.164 e. The topological polar surface area (TPSA) is 48.5 Å². The molecular weight excluding hydrogens is 1160 g/mol. The Kier molecular flexibility index (Phi) is 15.1. The predicted octanol–water partition coefficient (Wildman–Crippen LogP) is 24.6. The van der Waals surface area contributed by atoms with Crippen molar-refractivity contribution >= 4 is 43.6 Å². The highest BCUT2D eigenvalue weighted by molar-refractivity contribution is 6.14. The van der Waals surface area contributed by atoms with E-state index in [1.807, 2.05) is 0 Å². The fourth-order valence-electron chi connectivity index (χ4n) is 13.8. The maximum Gasteiger partial charge on any atom is 0.164 e. The molecule has 0 bridgehead atoms. The fourth-order valence-corrected chi connectivity index (χ4v) is 13.8. The number of hydrogen-bond acceptors (Lipinski definition) is 3. The molecule has 0 aliphatic heterocycles. The second kappa shape index (κ2) is 23.6. The van der Waals surface area contributed by atoms with Gasteiger partial charge in [-0.15, -0.1) is 0 Å². The third kappa shape index (κ3) is 11.5. The highest BCUT2D eigenvalue weighted by atomic mass is 15.0. The molecule has 0 spiro atoms. The minimum Gasteiger partial charge on any atom is -0.309 e. The number of nitrogens with zero attached hydrogens (tertiary/aromatic N) is 5. The first-order valence-electron chi connectivity index (χ1n) is 33.8. The van der Waals surface area contributed by atoms with Crippen molar-refractivity contribution in [2.45, 2.75) is 105 Å². The monoisotopic (exact) mass is 1240 g/mol. The zero-order valence-corrected chi connectivity index (χ0v) is 57.2.